The molecule has 1 aromatic heterocycles. The first-order valence-corrected chi connectivity index (χ1v) is 12.7. The summed E-state index contributed by atoms with van der Waals surface area (Å²) in [5.41, 5.74) is 8.28. The molecule has 194 valence electrons. The number of ether oxygens (including phenoxy) is 1. The van der Waals surface area contributed by atoms with Gasteiger partial charge in [-0.15, -0.1) is 11.8 Å². The molecular formula is C27H29N3O6S. The van der Waals surface area contributed by atoms with Crippen molar-refractivity contribution in [3.8, 4) is 5.75 Å². The highest BCUT2D eigenvalue weighted by molar-refractivity contribution is 7.99. The molecule has 2 aromatic carbocycles. The third-order valence-electron chi connectivity index (χ3n) is 5.51. The summed E-state index contributed by atoms with van der Waals surface area (Å²) in [4.78, 5) is 38.9. The van der Waals surface area contributed by atoms with Crippen LogP contribution < -0.4 is 10.5 Å². The molecule has 4 N–H and O–H groups in total. The number of thioether (sulfide) groups is 1. The number of rotatable bonds is 9. The van der Waals surface area contributed by atoms with Gasteiger partial charge in [0.05, 0.1) is 12.3 Å². The average Bonchev–Trinajstić information content (AvgIpc) is 3.41. The van der Waals surface area contributed by atoms with Crippen LogP contribution in [0.5, 0.6) is 5.75 Å². The van der Waals surface area contributed by atoms with Gasteiger partial charge in [-0.3, -0.25) is 14.6 Å². The molecule has 1 fully saturated rings. The molecule has 37 heavy (non-hydrogen) atoms. The molecule has 2 atom stereocenters. The summed E-state index contributed by atoms with van der Waals surface area (Å²) in [5, 5.41) is 17.7. The Labute approximate surface area is 219 Å². The van der Waals surface area contributed by atoms with Crippen molar-refractivity contribution in [3.63, 3.8) is 0 Å². The van der Waals surface area contributed by atoms with E-state index >= 15 is 0 Å². The molecule has 4 rings (SSSR count). The van der Waals surface area contributed by atoms with Crippen LogP contribution in [0.15, 0.2) is 79.1 Å². The Morgan fingerprint density at radius 1 is 1.00 bits per heavy atom. The number of aliphatic carboxylic acids is 2. The summed E-state index contributed by atoms with van der Waals surface area (Å²) in [7, 11) is 0. The fourth-order valence-electron chi connectivity index (χ4n) is 3.48. The van der Waals surface area contributed by atoms with Gasteiger partial charge in [0.2, 0.25) is 5.91 Å². The van der Waals surface area contributed by atoms with Gasteiger partial charge in [-0.2, -0.15) is 0 Å². The van der Waals surface area contributed by atoms with Crippen LogP contribution in [0.25, 0.3) is 0 Å². The number of carbonyl (C=O) groups excluding carboxylic acids is 1. The minimum absolute atomic E-state index is 0.157. The number of hydrogen-bond acceptors (Lipinski definition) is 7. The van der Waals surface area contributed by atoms with Gasteiger partial charge in [-0.05, 0) is 41.3 Å². The van der Waals surface area contributed by atoms with Crippen molar-refractivity contribution >= 4 is 29.6 Å². The van der Waals surface area contributed by atoms with Gasteiger partial charge in [-0.25, -0.2) is 4.79 Å². The molecule has 1 amide bonds. The van der Waals surface area contributed by atoms with E-state index in [0.29, 0.717) is 24.7 Å². The van der Waals surface area contributed by atoms with Crippen LogP contribution in [-0.2, 0) is 33.8 Å². The van der Waals surface area contributed by atoms with Crippen molar-refractivity contribution in [2.45, 2.75) is 31.5 Å². The zero-order valence-corrected chi connectivity index (χ0v) is 20.9. The van der Waals surface area contributed by atoms with Crippen LogP contribution in [-0.4, -0.2) is 61.7 Å². The third kappa shape index (κ3) is 8.93. The Balaban J connectivity index is 0.000000208. The predicted molar refractivity (Wildman–Crippen MR) is 140 cm³/mol. The maximum atomic E-state index is 12.0. The van der Waals surface area contributed by atoms with Crippen LogP contribution in [0, 0.1) is 0 Å². The maximum Gasteiger partial charge on any atom is 0.327 e. The second kappa shape index (κ2) is 14.0. The van der Waals surface area contributed by atoms with E-state index in [4.69, 9.17) is 20.7 Å². The summed E-state index contributed by atoms with van der Waals surface area (Å²) in [6, 6.07) is 19.2. The summed E-state index contributed by atoms with van der Waals surface area (Å²) >= 11 is 1.47. The molecule has 9 nitrogen and oxygen atoms in total. The van der Waals surface area contributed by atoms with Crippen molar-refractivity contribution in [1.82, 2.24) is 9.88 Å². The Morgan fingerprint density at radius 2 is 1.70 bits per heavy atom. The van der Waals surface area contributed by atoms with E-state index in [0.717, 1.165) is 22.4 Å². The number of amides is 1. The third-order valence-corrected chi connectivity index (χ3v) is 6.52. The van der Waals surface area contributed by atoms with Crippen LogP contribution in [0.1, 0.15) is 16.7 Å². The lowest BCUT2D eigenvalue weighted by Gasteiger charge is -2.20. The molecule has 0 bridgehead atoms. The lowest BCUT2D eigenvalue weighted by molar-refractivity contribution is -0.147. The molecule has 1 aliphatic rings. The molecular weight excluding hydrogens is 494 g/mol. The zero-order valence-electron chi connectivity index (χ0n) is 20.1. The molecule has 0 saturated carbocycles. The van der Waals surface area contributed by atoms with Gasteiger partial charge in [-0.1, -0.05) is 48.5 Å². The van der Waals surface area contributed by atoms with E-state index in [2.05, 4.69) is 4.98 Å². The number of aromatic nitrogens is 1. The number of nitrogens with two attached hydrogens (primary N) is 1. The quantitative estimate of drug-likeness (QED) is 0.386. The standard InChI is InChI=1S/C16H17NO3.C11H12N2O3S/c17-15(16(18)19)10-12-6-8-14(9-7-12)20-11-13-4-2-1-3-5-13;14-10(4-8-2-1-3-12-5-8)13-7-17-6-9(13)11(15)16/h1-9,15H,10-11,17H2,(H,18,19);1-3,5,9H,4,6-7H2,(H,15,16)/t15-;9-/m01/s1. The number of carboxylic acids is 2. The highest BCUT2D eigenvalue weighted by Crippen LogP contribution is 2.22. The van der Waals surface area contributed by atoms with E-state index in [1.807, 2.05) is 60.7 Å². The largest absolute Gasteiger partial charge is 0.489 e. The van der Waals surface area contributed by atoms with E-state index in [-0.39, 0.29) is 12.3 Å². The van der Waals surface area contributed by atoms with Gasteiger partial charge in [0.15, 0.2) is 0 Å². The number of hydrogen-bond donors (Lipinski definition) is 3. The van der Waals surface area contributed by atoms with Crippen LogP contribution in [0.4, 0.5) is 0 Å². The Hall–Kier alpha value is -3.89. The normalized spacial score (nSPS) is 15.3. The van der Waals surface area contributed by atoms with Crippen molar-refractivity contribution < 1.29 is 29.3 Å². The van der Waals surface area contributed by atoms with Crippen LogP contribution in [0.3, 0.4) is 0 Å². The first-order valence-electron chi connectivity index (χ1n) is 11.6. The SMILES string of the molecule is N[C@@H](Cc1ccc(OCc2ccccc2)cc1)C(=O)O.O=C(O)[C@H]1CSCN1C(=O)Cc1cccnc1. The zero-order chi connectivity index (χ0) is 26.6. The number of pyridine rings is 1. The fourth-order valence-corrected chi connectivity index (χ4v) is 4.65. The fraction of sp³-hybridized carbons (Fsp3) is 0.259. The first kappa shape index (κ1) is 27.7. The Morgan fingerprint density at radius 3 is 2.32 bits per heavy atom. The van der Waals surface area contributed by atoms with Gasteiger partial charge in [0.25, 0.3) is 0 Å². The molecule has 1 aliphatic heterocycles. The van der Waals surface area contributed by atoms with Crippen LogP contribution in [0.2, 0.25) is 0 Å². The number of carboxylic acid groups (broad SMARTS) is 2. The summed E-state index contributed by atoms with van der Waals surface area (Å²) in [6.45, 7) is 0.509. The molecule has 0 aliphatic carbocycles. The molecule has 1 saturated heterocycles. The average molecular weight is 524 g/mol. The van der Waals surface area contributed by atoms with Gasteiger partial charge in [0, 0.05) is 18.1 Å². The van der Waals surface area contributed by atoms with E-state index < -0.39 is 24.0 Å². The number of nitrogens with zero attached hydrogens (tertiary/aromatic N) is 2. The number of benzene rings is 2. The summed E-state index contributed by atoms with van der Waals surface area (Å²) in [6.07, 6.45) is 3.78. The Kier molecular flexibility index (Phi) is 10.5. The predicted octanol–water partition coefficient (Wildman–Crippen LogP) is 2.83. The molecule has 0 spiro atoms. The van der Waals surface area contributed by atoms with Gasteiger partial charge < -0.3 is 25.6 Å². The smallest absolute Gasteiger partial charge is 0.327 e. The number of carbonyl (C=O) groups is 3. The highest BCUT2D eigenvalue weighted by atomic mass is 32.2. The lowest BCUT2D eigenvalue weighted by Crippen LogP contribution is -2.42. The van der Waals surface area contributed by atoms with Crippen LogP contribution >= 0.6 is 11.8 Å². The second-order valence-electron chi connectivity index (χ2n) is 8.32. The minimum atomic E-state index is -0.991. The maximum absolute atomic E-state index is 12.0. The lowest BCUT2D eigenvalue weighted by atomic mass is 10.1. The van der Waals surface area contributed by atoms with Gasteiger partial charge in [0.1, 0.15) is 24.4 Å². The monoisotopic (exact) mass is 523 g/mol. The summed E-state index contributed by atoms with van der Waals surface area (Å²) in [5.74, 6) is -0.412. The van der Waals surface area contributed by atoms with E-state index in [1.165, 1.54) is 16.7 Å². The molecule has 10 heteroatoms. The highest BCUT2D eigenvalue weighted by Gasteiger charge is 2.34. The van der Waals surface area contributed by atoms with Crippen molar-refractivity contribution in [2.24, 2.45) is 5.73 Å². The van der Waals surface area contributed by atoms with E-state index in [1.54, 1.807) is 18.5 Å². The van der Waals surface area contributed by atoms with Crippen molar-refractivity contribution in [2.75, 3.05) is 11.6 Å². The Bertz CT molecular complexity index is 1160. The summed E-state index contributed by atoms with van der Waals surface area (Å²) < 4.78 is 5.65. The minimum Gasteiger partial charge on any atom is -0.489 e. The molecule has 0 radical (unpaired) electrons. The van der Waals surface area contributed by atoms with Gasteiger partial charge >= 0.3 is 11.9 Å². The first-order chi connectivity index (χ1) is 17.8. The van der Waals surface area contributed by atoms with E-state index in [9.17, 15) is 14.4 Å². The molecule has 2 heterocycles. The van der Waals surface area contributed by atoms with Crippen molar-refractivity contribution in [1.29, 1.82) is 0 Å². The second-order valence-corrected chi connectivity index (χ2v) is 9.32. The topological polar surface area (TPSA) is 143 Å². The van der Waals surface area contributed by atoms with Crippen molar-refractivity contribution in [3.05, 3.63) is 95.8 Å². The molecule has 0 unspecified atom stereocenters. The molecule has 3 aromatic rings.